The zero-order chi connectivity index (χ0) is 30.4. The van der Waals surface area contributed by atoms with E-state index in [4.69, 9.17) is 24.7 Å². The lowest BCUT2D eigenvalue weighted by Crippen LogP contribution is -2.38. The molecule has 3 N–H and O–H groups in total. The van der Waals surface area contributed by atoms with Crippen LogP contribution in [0.4, 0.5) is 5.69 Å². The van der Waals surface area contributed by atoms with E-state index >= 15 is 0 Å². The topological polar surface area (TPSA) is 125 Å². The summed E-state index contributed by atoms with van der Waals surface area (Å²) in [5.41, 5.74) is 10.7. The van der Waals surface area contributed by atoms with Crippen molar-refractivity contribution >= 4 is 43.8 Å². The van der Waals surface area contributed by atoms with Gasteiger partial charge in [-0.3, -0.25) is 9.32 Å². The maximum absolute atomic E-state index is 14.1. The van der Waals surface area contributed by atoms with Crippen molar-refractivity contribution in [2.24, 2.45) is 0 Å². The summed E-state index contributed by atoms with van der Waals surface area (Å²) in [7, 11) is 3.18. The Morgan fingerprint density at radius 1 is 0.886 bits per heavy atom. The molecule has 10 heteroatoms. The van der Waals surface area contributed by atoms with Gasteiger partial charge in [-0.25, -0.2) is 4.98 Å². The predicted octanol–water partition coefficient (Wildman–Crippen LogP) is 6.58. The van der Waals surface area contributed by atoms with Crippen LogP contribution in [0.2, 0.25) is 0 Å². The minimum Gasteiger partial charge on any atom is -0.497 e. The quantitative estimate of drug-likeness (QED) is 0.155. The number of ether oxygens (including phenoxy) is 2. The van der Waals surface area contributed by atoms with Gasteiger partial charge in [-0.05, 0) is 52.2 Å². The van der Waals surface area contributed by atoms with Crippen LogP contribution >= 0.6 is 11.3 Å². The van der Waals surface area contributed by atoms with Gasteiger partial charge in [-0.2, -0.15) is 0 Å². The first kappa shape index (κ1) is 27.1. The molecular weight excluding hydrogens is 576 g/mol. The number of ketones is 1. The van der Waals surface area contributed by atoms with Crippen molar-refractivity contribution in [3.63, 3.8) is 0 Å². The lowest BCUT2D eigenvalue weighted by molar-refractivity contribution is -0.672. The number of anilines is 1. The van der Waals surface area contributed by atoms with Gasteiger partial charge >= 0.3 is 11.6 Å². The number of nitrogen functional groups attached to an aromatic ring is 1. The summed E-state index contributed by atoms with van der Waals surface area (Å²) in [6.07, 6.45) is 0. The molecule has 0 aliphatic carbocycles. The van der Waals surface area contributed by atoms with Gasteiger partial charge in [-0.1, -0.05) is 54.6 Å². The van der Waals surface area contributed by atoms with Gasteiger partial charge in [0.25, 0.3) is 5.78 Å². The third-order valence-corrected chi connectivity index (χ3v) is 8.63. The van der Waals surface area contributed by atoms with Crippen LogP contribution in [0, 0.1) is 0 Å². The summed E-state index contributed by atoms with van der Waals surface area (Å²) >= 11 is 1.16. The fraction of sp³-hybridized carbons (Fsp3) is 0.0588. The van der Waals surface area contributed by atoms with Gasteiger partial charge in [-0.15, -0.1) is 11.3 Å². The number of aromatic hydroxyl groups is 1. The molecule has 0 atom stereocenters. The molecular formula is C34H25N4O5S+. The largest absolute Gasteiger partial charge is 0.497 e. The molecule has 9 nitrogen and oxygen atoms in total. The number of rotatable bonds is 7. The highest BCUT2D eigenvalue weighted by atomic mass is 32.1. The maximum atomic E-state index is 14.1. The first-order valence-electron chi connectivity index (χ1n) is 13.6. The summed E-state index contributed by atoms with van der Waals surface area (Å²) in [4.78, 5) is 19.9. The van der Waals surface area contributed by atoms with Gasteiger partial charge < -0.3 is 20.3 Å². The molecule has 0 bridgehead atoms. The molecule has 3 heterocycles. The highest BCUT2D eigenvalue weighted by molar-refractivity contribution is 7.21. The van der Waals surface area contributed by atoms with Crippen molar-refractivity contribution in [1.82, 2.24) is 10.3 Å². The van der Waals surface area contributed by atoms with Crippen LogP contribution in [0.3, 0.4) is 0 Å². The monoisotopic (exact) mass is 601 g/mol. The number of aromatic nitrogens is 3. The zero-order valence-electron chi connectivity index (χ0n) is 23.6. The number of pyridine rings is 1. The van der Waals surface area contributed by atoms with Crippen molar-refractivity contribution in [2.45, 2.75) is 0 Å². The molecule has 0 spiro atoms. The second-order valence-corrected chi connectivity index (χ2v) is 11.0. The van der Waals surface area contributed by atoms with E-state index in [-0.39, 0.29) is 16.3 Å². The Balaban J connectivity index is 1.43. The molecule has 7 rings (SSSR count). The second kappa shape index (κ2) is 10.8. The molecule has 0 aliphatic rings. The van der Waals surface area contributed by atoms with E-state index in [2.05, 4.69) is 23.5 Å². The Hall–Kier alpha value is -5.74. The third kappa shape index (κ3) is 4.48. The Morgan fingerprint density at radius 2 is 1.57 bits per heavy atom. The molecule has 0 radical (unpaired) electrons. The summed E-state index contributed by atoms with van der Waals surface area (Å²) in [6, 6.07) is 30.7. The Bertz CT molecular complexity index is 2180. The highest BCUT2D eigenvalue weighted by Crippen LogP contribution is 2.43. The van der Waals surface area contributed by atoms with Crippen LogP contribution < -0.4 is 19.9 Å². The summed E-state index contributed by atoms with van der Waals surface area (Å²) in [5, 5.41) is 17.3. The smallest absolute Gasteiger partial charge is 0.393 e. The fourth-order valence-corrected chi connectivity index (χ4v) is 6.39. The summed E-state index contributed by atoms with van der Waals surface area (Å²) in [6.45, 7) is 0. The zero-order valence-corrected chi connectivity index (χ0v) is 24.5. The highest BCUT2D eigenvalue weighted by Gasteiger charge is 2.37. The van der Waals surface area contributed by atoms with Crippen LogP contribution in [0.15, 0.2) is 102 Å². The number of carbonyl (C=O) groups is 1. The van der Waals surface area contributed by atoms with Gasteiger partial charge in [0, 0.05) is 27.8 Å². The SMILES string of the molecule is COc1ccc(-c2cc(-c3cccc4ccccc34)nc3sc(C(=O)c4c(O)on[n+]4-c4ccc(OC)cc4)c(N)c23)cc1. The van der Waals surface area contributed by atoms with E-state index in [1.165, 1.54) is 4.68 Å². The van der Waals surface area contributed by atoms with Crippen LogP contribution in [0.25, 0.3) is 49.1 Å². The van der Waals surface area contributed by atoms with Gasteiger partial charge in [0.1, 0.15) is 21.2 Å². The van der Waals surface area contributed by atoms with E-state index in [1.54, 1.807) is 38.5 Å². The van der Waals surface area contributed by atoms with Crippen molar-refractivity contribution < 1.29 is 28.6 Å². The van der Waals surface area contributed by atoms with Crippen LogP contribution in [0.5, 0.6) is 17.4 Å². The Labute approximate surface area is 255 Å². The molecule has 3 aromatic heterocycles. The van der Waals surface area contributed by atoms with Crippen molar-refractivity contribution in [2.75, 3.05) is 20.0 Å². The number of thiophene rings is 1. The molecule has 0 aliphatic heterocycles. The number of hydrogen-bond donors (Lipinski definition) is 2. The Kier molecular flexibility index (Phi) is 6.67. The number of carbonyl (C=O) groups excluding carboxylic acids is 1. The number of nitrogens with zero attached hydrogens (tertiary/aromatic N) is 3. The van der Waals surface area contributed by atoms with Crippen molar-refractivity contribution in [1.29, 1.82) is 0 Å². The summed E-state index contributed by atoms with van der Waals surface area (Å²) < 4.78 is 16.9. The molecule has 216 valence electrons. The predicted molar refractivity (Wildman–Crippen MR) is 169 cm³/mol. The fourth-order valence-electron chi connectivity index (χ4n) is 5.33. The molecule has 4 aromatic carbocycles. The molecule has 0 unspecified atom stereocenters. The molecule has 0 saturated carbocycles. The average molecular weight is 602 g/mol. The summed E-state index contributed by atoms with van der Waals surface area (Å²) in [5.74, 6) is 0.172. The van der Waals surface area contributed by atoms with Crippen LogP contribution in [0.1, 0.15) is 15.4 Å². The number of methoxy groups -OCH3 is 2. The molecule has 0 saturated heterocycles. The number of nitrogens with two attached hydrogens (primary N) is 1. The minimum atomic E-state index is -0.623. The van der Waals surface area contributed by atoms with Gasteiger partial charge in [0.15, 0.2) is 0 Å². The minimum absolute atomic E-state index is 0.159. The number of benzene rings is 4. The van der Waals surface area contributed by atoms with E-state index in [0.29, 0.717) is 27.4 Å². The third-order valence-electron chi connectivity index (χ3n) is 7.53. The normalized spacial score (nSPS) is 11.2. The van der Waals surface area contributed by atoms with Crippen LogP contribution in [-0.2, 0) is 0 Å². The first-order chi connectivity index (χ1) is 21.5. The van der Waals surface area contributed by atoms with E-state index < -0.39 is 11.7 Å². The van der Waals surface area contributed by atoms with Gasteiger partial charge in [0.05, 0.1) is 25.6 Å². The maximum Gasteiger partial charge on any atom is 0.393 e. The standard InChI is InChI=1S/C34H24N4O5S/c1-41-22-14-10-20(11-15-22)26-18-27(25-9-5-7-19-6-3-4-8-24(19)25)36-33-28(26)29(35)32(44-33)31(39)30-34(40)43-37-38(30)21-12-16-23(42-2)17-13-21/h3-18H,1-2H3,(H2-,35,37,39,40)/p+1. The van der Waals surface area contributed by atoms with Crippen molar-refractivity contribution in [3.05, 3.63) is 108 Å². The van der Waals surface area contributed by atoms with E-state index in [9.17, 15) is 9.90 Å². The van der Waals surface area contributed by atoms with E-state index in [1.807, 2.05) is 54.6 Å². The van der Waals surface area contributed by atoms with Gasteiger partial charge in [0.2, 0.25) is 11.0 Å². The lowest BCUT2D eigenvalue weighted by atomic mass is 9.97. The number of hydrogen-bond acceptors (Lipinski definition) is 9. The molecule has 0 amide bonds. The Morgan fingerprint density at radius 3 is 2.30 bits per heavy atom. The molecule has 44 heavy (non-hydrogen) atoms. The van der Waals surface area contributed by atoms with E-state index in [0.717, 1.165) is 44.5 Å². The average Bonchev–Trinajstić information content (AvgIpc) is 3.63. The second-order valence-electron chi connectivity index (χ2n) is 10.0. The van der Waals surface area contributed by atoms with Crippen LogP contribution in [-0.4, -0.2) is 35.4 Å². The molecule has 0 fully saturated rings. The first-order valence-corrected chi connectivity index (χ1v) is 14.4. The van der Waals surface area contributed by atoms with Crippen molar-refractivity contribution in [3.8, 4) is 45.5 Å². The molecule has 7 aromatic rings. The lowest BCUT2D eigenvalue weighted by Gasteiger charge is -2.11. The number of fused-ring (bicyclic) bond motifs is 2.